The van der Waals surface area contributed by atoms with Crippen molar-refractivity contribution < 1.29 is 4.84 Å². The van der Waals surface area contributed by atoms with E-state index in [9.17, 15) is 0 Å². The largest absolute Gasteiger partial charge is 0.398 e. The lowest BCUT2D eigenvalue weighted by atomic mass is 10.1. The highest BCUT2D eigenvalue weighted by Crippen LogP contribution is 2.21. The predicted molar refractivity (Wildman–Crippen MR) is 84.5 cm³/mol. The van der Waals surface area contributed by atoms with Gasteiger partial charge in [-0.25, -0.2) is 0 Å². The van der Waals surface area contributed by atoms with E-state index >= 15 is 0 Å². The van der Waals surface area contributed by atoms with Crippen molar-refractivity contribution in [2.75, 3.05) is 5.73 Å². The smallest absolute Gasteiger partial charge is 0.160 e. The Morgan fingerprint density at radius 1 is 1.25 bits per heavy atom. The highest BCUT2D eigenvalue weighted by molar-refractivity contribution is 6.31. The molecule has 0 bridgehead atoms. The monoisotopic (exact) mass is 288 g/mol. The number of oxime groups is 1. The molecule has 2 aromatic rings. The van der Waals surface area contributed by atoms with E-state index in [1.165, 1.54) is 0 Å². The zero-order valence-electron chi connectivity index (χ0n) is 11.6. The summed E-state index contributed by atoms with van der Waals surface area (Å²) in [6.45, 7) is 3.98. The fourth-order valence-corrected chi connectivity index (χ4v) is 2.02. The summed E-state index contributed by atoms with van der Waals surface area (Å²) < 4.78 is 0. The number of para-hydroxylation sites is 1. The summed E-state index contributed by atoms with van der Waals surface area (Å²) in [7, 11) is 0. The second kappa shape index (κ2) is 6.44. The molecule has 2 N–H and O–H groups in total. The Balaban J connectivity index is 2.30. The number of halogens is 1. The van der Waals surface area contributed by atoms with Gasteiger partial charge in [-0.2, -0.15) is 0 Å². The Bertz CT molecular complexity index is 638. The molecule has 0 amide bonds. The summed E-state index contributed by atoms with van der Waals surface area (Å²) in [5.41, 5.74) is 9.23. The number of nitrogens with two attached hydrogens (primary N) is 1. The van der Waals surface area contributed by atoms with Gasteiger partial charge in [0.1, 0.15) is 0 Å². The van der Waals surface area contributed by atoms with Gasteiger partial charge in [-0.1, -0.05) is 41.9 Å². The summed E-state index contributed by atoms with van der Waals surface area (Å²) in [5, 5.41) is 4.85. The van der Waals surface area contributed by atoms with Gasteiger partial charge in [-0.3, -0.25) is 0 Å². The minimum absolute atomic E-state index is 0.631. The van der Waals surface area contributed by atoms with Crippen molar-refractivity contribution in [2.24, 2.45) is 5.16 Å². The first kappa shape index (κ1) is 14.4. The third-order valence-electron chi connectivity index (χ3n) is 3.01. The second-order valence-electron chi connectivity index (χ2n) is 4.48. The second-order valence-corrected chi connectivity index (χ2v) is 4.92. The Morgan fingerprint density at radius 2 is 2.00 bits per heavy atom. The van der Waals surface area contributed by atoms with E-state index in [1.807, 2.05) is 38.1 Å². The molecule has 0 saturated carbocycles. The van der Waals surface area contributed by atoms with Crippen LogP contribution in [0.4, 0.5) is 5.69 Å². The molecule has 0 spiro atoms. The number of anilines is 1. The fourth-order valence-electron chi connectivity index (χ4n) is 1.85. The number of aryl methyl sites for hydroxylation is 1. The summed E-state index contributed by atoms with van der Waals surface area (Å²) in [6, 6.07) is 13.1. The average Bonchev–Trinajstić information content (AvgIpc) is 2.45. The standard InChI is InChI=1S/C16H17ClN2O/c1-3-15(13-10-12(17)8-9-14(13)18)19-20-16-7-5-4-6-11(16)2/h4-10H,3,18H2,1-2H3/b19-15+. The molecule has 0 radical (unpaired) electrons. The first-order chi connectivity index (χ1) is 9.61. The van der Waals surface area contributed by atoms with Gasteiger partial charge in [0.05, 0.1) is 5.71 Å². The maximum atomic E-state index is 6.01. The van der Waals surface area contributed by atoms with Crippen molar-refractivity contribution in [3.63, 3.8) is 0 Å². The maximum absolute atomic E-state index is 6.01. The lowest BCUT2D eigenvalue weighted by Gasteiger charge is -2.09. The van der Waals surface area contributed by atoms with Gasteiger partial charge in [0.2, 0.25) is 0 Å². The normalized spacial score (nSPS) is 11.4. The Morgan fingerprint density at radius 3 is 2.70 bits per heavy atom. The number of benzene rings is 2. The molecule has 0 aliphatic carbocycles. The molecular formula is C16H17ClN2O. The molecule has 0 aliphatic rings. The highest BCUT2D eigenvalue weighted by atomic mass is 35.5. The zero-order chi connectivity index (χ0) is 14.5. The summed E-state index contributed by atoms with van der Waals surface area (Å²) in [5.74, 6) is 0.735. The van der Waals surface area contributed by atoms with E-state index in [0.29, 0.717) is 17.1 Å². The predicted octanol–water partition coefficient (Wildman–Crippen LogP) is 4.42. The molecule has 2 rings (SSSR count). The van der Waals surface area contributed by atoms with Crippen LogP contribution in [0.15, 0.2) is 47.6 Å². The molecule has 2 aromatic carbocycles. The van der Waals surface area contributed by atoms with Crippen molar-refractivity contribution in [1.29, 1.82) is 0 Å². The lowest BCUT2D eigenvalue weighted by Crippen LogP contribution is -2.06. The molecule has 0 aliphatic heterocycles. The minimum atomic E-state index is 0.631. The fraction of sp³-hybridized carbons (Fsp3) is 0.188. The first-order valence-corrected chi connectivity index (χ1v) is 6.84. The number of hydrogen-bond donors (Lipinski definition) is 1. The first-order valence-electron chi connectivity index (χ1n) is 6.46. The highest BCUT2D eigenvalue weighted by Gasteiger charge is 2.08. The molecule has 4 heteroatoms. The number of hydrogen-bond acceptors (Lipinski definition) is 3. The average molecular weight is 289 g/mol. The maximum Gasteiger partial charge on any atom is 0.160 e. The van der Waals surface area contributed by atoms with Crippen LogP contribution in [0.3, 0.4) is 0 Å². The molecule has 104 valence electrons. The van der Waals surface area contributed by atoms with Gasteiger partial charge < -0.3 is 10.6 Å². The number of nitrogens with zero attached hydrogens (tertiary/aromatic N) is 1. The summed E-state index contributed by atoms with van der Waals surface area (Å²) in [4.78, 5) is 5.53. The van der Waals surface area contributed by atoms with Gasteiger partial charge in [0, 0.05) is 16.3 Å². The summed E-state index contributed by atoms with van der Waals surface area (Å²) in [6.07, 6.45) is 0.705. The molecule has 0 saturated heterocycles. The van der Waals surface area contributed by atoms with Crippen molar-refractivity contribution in [2.45, 2.75) is 20.3 Å². The molecular weight excluding hydrogens is 272 g/mol. The minimum Gasteiger partial charge on any atom is -0.398 e. The van der Waals surface area contributed by atoms with Crippen LogP contribution >= 0.6 is 11.6 Å². The van der Waals surface area contributed by atoms with E-state index < -0.39 is 0 Å². The van der Waals surface area contributed by atoms with E-state index in [0.717, 1.165) is 22.6 Å². The van der Waals surface area contributed by atoms with Crippen molar-refractivity contribution in [3.8, 4) is 5.75 Å². The Kier molecular flexibility index (Phi) is 4.64. The number of rotatable bonds is 4. The summed E-state index contributed by atoms with van der Waals surface area (Å²) >= 11 is 6.01. The van der Waals surface area contributed by atoms with Gasteiger partial charge in [-0.15, -0.1) is 0 Å². The Labute approximate surface area is 124 Å². The van der Waals surface area contributed by atoms with Crippen molar-refractivity contribution >= 4 is 23.0 Å². The van der Waals surface area contributed by atoms with Gasteiger partial charge in [0.15, 0.2) is 5.75 Å². The van der Waals surface area contributed by atoms with E-state index in [2.05, 4.69) is 5.16 Å². The van der Waals surface area contributed by atoms with Crippen LogP contribution in [0.2, 0.25) is 5.02 Å². The molecule has 0 fully saturated rings. The SMILES string of the molecule is CC/C(=N\Oc1ccccc1C)c1cc(Cl)ccc1N. The van der Waals surface area contributed by atoms with Crippen LogP contribution in [0.25, 0.3) is 0 Å². The quantitative estimate of drug-likeness (QED) is 0.514. The topological polar surface area (TPSA) is 47.6 Å². The molecule has 0 atom stereocenters. The molecule has 0 heterocycles. The van der Waals surface area contributed by atoms with E-state index in [4.69, 9.17) is 22.2 Å². The zero-order valence-corrected chi connectivity index (χ0v) is 12.3. The van der Waals surface area contributed by atoms with Gasteiger partial charge in [0.25, 0.3) is 0 Å². The molecule has 20 heavy (non-hydrogen) atoms. The van der Waals surface area contributed by atoms with Gasteiger partial charge in [-0.05, 0) is 43.2 Å². The van der Waals surface area contributed by atoms with Crippen LogP contribution in [0.5, 0.6) is 5.75 Å². The Hall–Kier alpha value is -2.00. The van der Waals surface area contributed by atoms with E-state index in [-0.39, 0.29) is 0 Å². The molecule has 0 aromatic heterocycles. The van der Waals surface area contributed by atoms with E-state index in [1.54, 1.807) is 18.2 Å². The van der Waals surface area contributed by atoms with Crippen molar-refractivity contribution in [1.82, 2.24) is 0 Å². The van der Waals surface area contributed by atoms with Crippen LogP contribution < -0.4 is 10.6 Å². The third kappa shape index (κ3) is 3.31. The lowest BCUT2D eigenvalue weighted by molar-refractivity contribution is 0.338. The number of nitrogen functional groups attached to an aromatic ring is 1. The molecule has 3 nitrogen and oxygen atoms in total. The van der Waals surface area contributed by atoms with Crippen LogP contribution in [0, 0.1) is 6.92 Å². The van der Waals surface area contributed by atoms with Gasteiger partial charge >= 0.3 is 0 Å². The van der Waals surface area contributed by atoms with Crippen molar-refractivity contribution in [3.05, 3.63) is 58.6 Å². The third-order valence-corrected chi connectivity index (χ3v) is 3.24. The van der Waals surface area contributed by atoms with Crippen LogP contribution in [0.1, 0.15) is 24.5 Å². The van der Waals surface area contributed by atoms with Crippen LogP contribution in [-0.4, -0.2) is 5.71 Å². The molecule has 0 unspecified atom stereocenters. The van der Waals surface area contributed by atoms with Crippen LogP contribution in [-0.2, 0) is 0 Å².